The predicted molar refractivity (Wildman–Crippen MR) is 102 cm³/mol. The van der Waals surface area contributed by atoms with Gasteiger partial charge in [-0.05, 0) is 45.1 Å². The first-order valence-electron chi connectivity index (χ1n) is 10.1. The van der Waals surface area contributed by atoms with Crippen LogP contribution in [-0.4, -0.2) is 23.1 Å². The maximum atomic E-state index is 13.2. The van der Waals surface area contributed by atoms with Gasteiger partial charge in [0.15, 0.2) is 0 Å². The first-order valence-corrected chi connectivity index (χ1v) is 10.1. The molecule has 0 radical (unpaired) electrons. The Morgan fingerprint density at radius 1 is 0.880 bits per heavy atom. The summed E-state index contributed by atoms with van der Waals surface area (Å²) in [5.41, 5.74) is 0.454. The lowest BCUT2D eigenvalue weighted by atomic mass is 9.89. The lowest BCUT2D eigenvalue weighted by Gasteiger charge is -2.42. The van der Waals surface area contributed by atoms with Crippen LogP contribution in [0.2, 0.25) is 0 Å². The van der Waals surface area contributed by atoms with Crippen molar-refractivity contribution in [3.8, 4) is 0 Å². The number of rotatable bonds is 4. The molecule has 2 aliphatic rings. The van der Waals surface area contributed by atoms with E-state index in [4.69, 9.17) is 4.74 Å². The van der Waals surface area contributed by atoms with Crippen LogP contribution in [0.1, 0.15) is 83.6 Å². The van der Waals surface area contributed by atoms with Crippen LogP contribution in [0.4, 0.5) is 4.79 Å². The summed E-state index contributed by atoms with van der Waals surface area (Å²) in [6, 6.07) is 10.8. The average molecular weight is 344 g/mol. The van der Waals surface area contributed by atoms with E-state index in [0.717, 1.165) is 31.2 Å². The van der Waals surface area contributed by atoms with E-state index in [1.807, 2.05) is 44.2 Å². The summed E-state index contributed by atoms with van der Waals surface area (Å²) >= 11 is 0. The number of benzene rings is 1. The lowest BCUT2D eigenvalue weighted by Crippen LogP contribution is -2.50. The molecule has 0 aromatic heterocycles. The molecule has 1 aromatic carbocycles. The van der Waals surface area contributed by atoms with Crippen molar-refractivity contribution in [2.24, 2.45) is 0 Å². The molecule has 138 valence electrons. The second-order valence-corrected chi connectivity index (χ2v) is 8.24. The van der Waals surface area contributed by atoms with Crippen LogP contribution in [0.5, 0.6) is 0 Å². The molecule has 3 rings (SSSR count). The van der Waals surface area contributed by atoms with E-state index >= 15 is 0 Å². The van der Waals surface area contributed by atoms with E-state index in [9.17, 15) is 4.79 Å². The van der Waals surface area contributed by atoms with Crippen molar-refractivity contribution < 1.29 is 9.53 Å². The van der Waals surface area contributed by atoms with E-state index in [-0.39, 0.29) is 6.09 Å². The molecule has 2 aliphatic carbocycles. The third-order valence-electron chi connectivity index (χ3n) is 5.96. The van der Waals surface area contributed by atoms with Gasteiger partial charge in [0, 0.05) is 12.1 Å². The summed E-state index contributed by atoms with van der Waals surface area (Å²) in [4.78, 5) is 15.4. The van der Waals surface area contributed by atoms with E-state index in [1.165, 1.54) is 38.5 Å². The maximum Gasteiger partial charge on any atom is 0.411 e. The molecule has 0 atom stereocenters. The molecule has 1 amide bonds. The van der Waals surface area contributed by atoms with Gasteiger partial charge in [-0.1, -0.05) is 68.9 Å². The van der Waals surface area contributed by atoms with Crippen molar-refractivity contribution in [1.29, 1.82) is 0 Å². The zero-order chi connectivity index (χ0) is 17.7. The zero-order valence-electron chi connectivity index (χ0n) is 15.9. The second-order valence-electron chi connectivity index (χ2n) is 8.24. The van der Waals surface area contributed by atoms with Crippen LogP contribution in [0, 0.1) is 0 Å². The summed E-state index contributed by atoms with van der Waals surface area (Å²) in [6.07, 6.45) is 12.0. The van der Waals surface area contributed by atoms with Gasteiger partial charge in [0.25, 0.3) is 0 Å². The Kier molecular flexibility index (Phi) is 6.03. The highest BCUT2D eigenvalue weighted by molar-refractivity contribution is 5.69. The smallest absolute Gasteiger partial charge is 0.411 e. The van der Waals surface area contributed by atoms with Gasteiger partial charge in [0.05, 0.1) is 0 Å². The van der Waals surface area contributed by atoms with E-state index in [2.05, 4.69) is 4.90 Å². The third kappa shape index (κ3) is 4.56. The molecule has 0 spiro atoms. The highest BCUT2D eigenvalue weighted by atomic mass is 16.6. The number of carbonyl (C=O) groups excluding carboxylic acids is 1. The molecule has 0 bridgehead atoms. The zero-order valence-corrected chi connectivity index (χ0v) is 15.9. The third-order valence-corrected chi connectivity index (χ3v) is 5.96. The molecule has 2 saturated carbocycles. The van der Waals surface area contributed by atoms with Crippen molar-refractivity contribution in [3.63, 3.8) is 0 Å². The van der Waals surface area contributed by atoms with Gasteiger partial charge in [-0.3, -0.25) is 0 Å². The summed E-state index contributed by atoms with van der Waals surface area (Å²) in [5, 5.41) is 0. The number of hydrogen-bond donors (Lipinski definition) is 0. The van der Waals surface area contributed by atoms with Crippen LogP contribution in [0.15, 0.2) is 30.3 Å². The fourth-order valence-electron chi connectivity index (χ4n) is 4.48. The van der Waals surface area contributed by atoms with Crippen LogP contribution < -0.4 is 0 Å². The van der Waals surface area contributed by atoms with Crippen molar-refractivity contribution in [2.45, 2.75) is 95.7 Å². The van der Waals surface area contributed by atoms with Gasteiger partial charge in [-0.15, -0.1) is 0 Å². The molecule has 1 aromatic rings. The van der Waals surface area contributed by atoms with Crippen molar-refractivity contribution in [3.05, 3.63) is 35.9 Å². The van der Waals surface area contributed by atoms with Crippen LogP contribution in [0.25, 0.3) is 0 Å². The maximum absolute atomic E-state index is 13.2. The summed E-state index contributed by atoms with van der Waals surface area (Å²) in [6.45, 7) is 4.00. The average Bonchev–Trinajstić information content (AvgIpc) is 2.64. The number of hydrogen-bond acceptors (Lipinski definition) is 2. The first-order chi connectivity index (χ1) is 12.1. The summed E-state index contributed by atoms with van der Waals surface area (Å²) in [7, 11) is 0. The molecule has 2 fully saturated rings. The largest absolute Gasteiger partial charge is 0.438 e. The molecule has 0 aliphatic heterocycles. The summed E-state index contributed by atoms with van der Waals surface area (Å²) < 4.78 is 6.08. The molecule has 0 unspecified atom stereocenters. The normalized spacial score (nSPS) is 20.2. The Labute approximate surface area is 152 Å². The van der Waals surface area contributed by atoms with Gasteiger partial charge in [0.1, 0.15) is 5.60 Å². The van der Waals surface area contributed by atoms with Crippen LogP contribution in [-0.2, 0) is 10.3 Å². The number of ether oxygens (including phenoxy) is 1. The Bertz CT molecular complexity index is 524. The minimum Gasteiger partial charge on any atom is -0.438 e. The quantitative estimate of drug-likeness (QED) is 0.668. The molecule has 0 saturated heterocycles. The van der Waals surface area contributed by atoms with Crippen molar-refractivity contribution in [1.82, 2.24) is 4.90 Å². The minimum absolute atomic E-state index is 0.104. The SMILES string of the molecule is CC(C)(OC(=O)N(C1CCCCC1)C1CCCCC1)c1ccccc1. The van der Waals surface area contributed by atoms with Gasteiger partial charge in [-0.2, -0.15) is 0 Å². The highest BCUT2D eigenvalue weighted by Gasteiger charge is 2.36. The van der Waals surface area contributed by atoms with Gasteiger partial charge in [-0.25, -0.2) is 4.79 Å². The molecule has 3 nitrogen and oxygen atoms in total. The molecule has 0 heterocycles. The summed E-state index contributed by atoms with van der Waals surface area (Å²) in [5.74, 6) is 0. The fourth-order valence-corrected chi connectivity index (χ4v) is 4.48. The topological polar surface area (TPSA) is 29.5 Å². The van der Waals surface area contributed by atoms with Gasteiger partial charge >= 0.3 is 6.09 Å². The molecular weight excluding hydrogens is 310 g/mol. The monoisotopic (exact) mass is 343 g/mol. The fraction of sp³-hybridized carbons (Fsp3) is 0.682. The van der Waals surface area contributed by atoms with Crippen LogP contribution in [0.3, 0.4) is 0 Å². The van der Waals surface area contributed by atoms with Crippen LogP contribution >= 0.6 is 0 Å². The number of carbonyl (C=O) groups is 1. The van der Waals surface area contributed by atoms with Crippen molar-refractivity contribution in [2.75, 3.05) is 0 Å². The standard InChI is InChI=1S/C22H33NO2/c1-22(2,18-12-6-3-7-13-18)25-21(24)23(19-14-8-4-9-15-19)20-16-10-5-11-17-20/h3,6-7,12-13,19-20H,4-5,8-11,14-17H2,1-2H3. The van der Waals surface area contributed by atoms with E-state index in [1.54, 1.807) is 0 Å². The Balaban J connectivity index is 1.75. The second kappa shape index (κ2) is 8.25. The molecule has 0 N–H and O–H groups in total. The predicted octanol–water partition coefficient (Wildman–Crippen LogP) is 6.03. The van der Waals surface area contributed by atoms with Gasteiger partial charge < -0.3 is 9.64 Å². The van der Waals surface area contributed by atoms with E-state index < -0.39 is 5.60 Å². The minimum atomic E-state index is -0.597. The Hall–Kier alpha value is -1.51. The molecule has 3 heteroatoms. The first kappa shape index (κ1) is 18.3. The number of amides is 1. The van der Waals surface area contributed by atoms with Crippen molar-refractivity contribution >= 4 is 6.09 Å². The highest BCUT2D eigenvalue weighted by Crippen LogP contribution is 2.33. The Morgan fingerprint density at radius 2 is 1.36 bits per heavy atom. The Morgan fingerprint density at radius 3 is 1.84 bits per heavy atom. The van der Waals surface area contributed by atoms with E-state index in [0.29, 0.717) is 12.1 Å². The number of nitrogens with zero attached hydrogens (tertiary/aromatic N) is 1. The molecular formula is C22H33NO2. The molecule has 25 heavy (non-hydrogen) atoms. The lowest BCUT2D eigenvalue weighted by molar-refractivity contribution is -0.0156. The van der Waals surface area contributed by atoms with Gasteiger partial charge in [0.2, 0.25) is 0 Å².